The minimum absolute atomic E-state index is 0. The lowest BCUT2D eigenvalue weighted by atomic mass is 10.2. The normalized spacial score (nSPS) is 10.4. The third-order valence-electron chi connectivity index (χ3n) is 4.82. The Morgan fingerprint density at radius 2 is 0.794 bits per heavy atom. The summed E-state index contributed by atoms with van der Waals surface area (Å²) in [4.78, 5) is 0.487. The molecule has 0 N–H and O–H groups in total. The van der Waals surface area contributed by atoms with Crippen LogP contribution in [-0.2, 0) is 9.84 Å². The summed E-state index contributed by atoms with van der Waals surface area (Å²) in [7, 11) is -1.95. The Morgan fingerprint density at radius 3 is 1.15 bits per heavy atom. The Morgan fingerprint density at radius 1 is 0.500 bits per heavy atom. The fraction of sp³-hybridized carbons (Fsp3) is 0.143. The summed E-state index contributed by atoms with van der Waals surface area (Å²) in [6, 6.07) is 27.7. The van der Waals surface area contributed by atoms with Gasteiger partial charge in [-0.3, -0.25) is 0 Å². The average Bonchev–Trinajstić information content (AvgIpc) is 2.81. The maximum Gasteiger partial charge on any atom is 0.206 e. The SMILES string of the molecule is C.C.COc1ccc(Oc2ccc(Oc3ccc(S(=O)(=O)c4ccc(C)cc4)cc3)cc2)cc1. The predicted molar refractivity (Wildman–Crippen MR) is 136 cm³/mol. The molecule has 0 radical (unpaired) electrons. The minimum atomic E-state index is -3.57. The number of aryl methyl sites for hydroxylation is 1. The summed E-state index contributed by atoms with van der Waals surface area (Å²) >= 11 is 0. The van der Waals surface area contributed by atoms with Gasteiger partial charge in [-0.05, 0) is 91.9 Å². The highest BCUT2D eigenvalue weighted by Crippen LogP contribution is 2.29. The Bertz CT molecular complexity index is 1280. The lowest BCUT2D eigenvalue weighted by molar-refractivity contribution is 0.413. The van der Waals surface area contributed by atoms with Crippen LogP contribution in [0.15, 0.2) is 107 Å². The summed E-state index contributed by atoms with van der Waals surface area (Å²) in [6.07, 6.45) is 0. The number of benzene rings is 4. The van der Waals surface area contributed by atoms with Crippen molar-refractivity contribution in [3.8, 4) is 28.7 Å². The first-order chi connectivity index (χ1) is 15.4. The second-order valence-electron chi connectivity index (χ2n) is 7.14. The van der Waals surface area contributed by atoms with Crippen LogP contribution in [0.2, 0.25) is 0 Å². The molecule has 0 aliphatic carbocycles. The zero-order chi connectivity index (χ0) is 22.6. The molecule has 4 aromatic rings. The van der Waals surface area contributed by atoms with Gasteiger partial charge in [-0.1, -0.05) is 32.5 Å². The summed E-state index contributed by atoms with van der Waals surface area (Å²) < 4.78 is 42.3. The van der Waals surface area contributed by atoms with Crippen molar-refractivity contribution in [2.45, 2.75) is 31.6 Å². The number of methoxy groups -OCH3 is 1. The van der Waals surface area contributed by atoms with Crippen molar-refractivity contribution < 1.29 is 22.6 Å². The largest absolute Gasteiger partial charge is 0.497 e. The third kappa shape index (κ3) is 6.17. The molecule has 0 saturated heterocycles. The van der Waals surface area contributed by atoms with E-state index in [-0.39, 0.29) is 24.6 Å². The van der Waals surface area contributed by atoms with Crippen LogP contribution in [0, 0.1) is 6.92 Å². The zero-order valence-electron chi connectivity index (χ0n) is 17.7. The zero-order valence-corrected chi connectivity index (χ0v) is 18.5. The van der Waals surface area contributed by atoms with Crippen LogP contribution in [0.4, 0.5) is 0 Å². The highest BCUT2D eigenvalue weighted by molar-refractivity contribution is 7.91. The highest BCUT2D eigenvalue weighted by Gasteiger charge is 2.17. The quantitative estimate of drug-likeness (QED) is 0.272. The molecule has 5 nitrogen and oxygen atoms in total. The first-order valence-electron chi connectivity index (χ1n) is 9.96. The molecule has 0 heterocycles. The fourth-order valence-corrected chi connectivity index (χ4v) is 4.29. The summed E-state index contributed by atoms with van der Waals surface area (Å²) in [5.74, 6) is 3.28. The van der Waals surface area contributed by atoms with Crippen LogP contribution in [0.5, 0.6) is 28.7 Å². The molecular formula is C28H30O5S. The summed E-state index contributed by atoms with van der Waals surface area (Å²) in [6.45, 7) is 1.92. The van der Waals surface area contributed by atoms with Crippen molar-refractivity contribution in [2.24, 2.45) is 0 Å². The van der Waals surface area contributed by atoms with Crippen molar-refractivity contribution in [1.82, 2.24) is 0 Å². The van der Waals surface area contributed by atoms with Gasteiger partial charge >= 0.3 is 0 Å². The Balaban J connectivity index is 0.00000204. The van der Waals surface area contributed by atoms with Crippen LogP contribution in [0.1, 0.15) is 20.4 Å². The molecular weight excluding hydrogens is 448 g/mol. The maximum atomic E-state index is 12.8. The van der Waals surface area contributed by atoms with Gasteiger partial charge in [-0.25, -0.2) is 8.42 Å². The molecule has 6 heteroatoms. The maximum absolute atomic E-state index is 12.8. The molecule has 0 unspecified atom stereocenters. The molecule has 0 aromatic heterocycles. The number of ether oxygens (including phenoxy) is 3. The van der Waals surface area contributed by atoms with Gasteiger partial charge in [0.1, 0.15) is 28.7 Å². The second kappa shape index (κ2) is 11.4. The van der Waals surface area contributed by atoms with Gasteiger partial charge in [-0.2, -0.15) is 0 Å². The molecule has 0 atom stereocenters. The van der Waals surface area contributed by atoms with E-state index in [4.69, 9.17) is 14.2 Å². The summed E-state index contributed by atoms with van der Waals surface area (Å²) in [5, 5.41) is 0. The van der Waals surface area contributed by atoms with Gasteiger partial charge in [0.25, 0.3) is 0 Å². The van der Waals surface area contributed by atoms with Crippen LogP contribution >= 0.6 is 0 Å². The predicted octanol–water partition coefficient (Wildman–Crippen LogP) is 7.69. The number of rotatable bonds is 7. The van der Waals surface area contributed by atoms with Gasteiger partial charge in [-0.15, -0.1) is 0 Å². The standard InChI is InChI=1S/C26H22O5S.2CH4/c1-19-3-15-25(16-4-19)32(27,28)26-17-13-24(14-18-26)31-23-11-9-22(10-12-23)30-21-7-5-20(29-2)6-8-21;;/h3-18H,1-2H3;2*1H4. The first-order valence-corrected chi connectivity index (χ1v) is 11.4. The molecule has 0 aliphatic heterocycles. The van der Waals surface area contributed by atoms with Gasteiger partial charge in [0, 0.05) is 0 Å². The van der Waals surface area contributed by atoms with E-state index in [0.717, 1.165) is 11.3 Å². The van der Waals surface area contributed by atoms with E-state index < -0.39 is 9.84 Å². The van der Waals surface area contributed by atoms with E-state index in [9.17, 15) is 8.42 Å². The molecule has 0 fully saturated rings. The second-order valence-corrected chi connectivity index (χ2v) is 9.09. The van der Waals surface area contributed by atoms with Crippen LogP contribution < -0.4 is 14.2 Å². The minimum Gasteiger partial charge on any atom is -0.497 e. The lowest BCUT2D eigenvalue weighted by Crippen LogP contribution is -2.01. The number of sulfone groups is 1. The van der Waals surface area contributed by atoms with Crippen molar-refractivity contribution >= 4 is 9.84 Å². The molecule has 178 valence electrons. The van der Waals surface area contributed by atoms with E-state index >= 15 is 0 Å². The average molecular weight is 479 g/mol. The molecule has 0 aliphatic rings. The van der Waals surface area contributed by atoms with Gasteiger partial charge in [0.2, 0.25) is 9.84 Å². The molecule has 0 spiro atoms. The number of hydrogen-bond donors (Lipinski definition) is 0. The van der Waals surface area contributed by atoms with E-state index in [1.165, 1.54) is 0 Å². The van der Waals surface area contributed by atoms with Crippen molar-refractivity contribution in [3.05, 3.63) is 103 Å². The third-order valence-corrected chi connectivity index (χ3v) is 6.61. The topological polar surface area (TPSA) is 61.8 Å². The van der Waals surface area contributed by atoms with Gasteiger partial charge in [0.15, 0.2) is 0 Å². The molecule has 0 amide bonds. The molecule has 4 aromatic carbocycles. The van der Waals surface area contributed by atoms with E-state index in [0.29, 0.717) is 23.0 Å². The highest BCUT2D eigenvalue weighted by atomic mass is 32.2. The molecule has 0 bridgehead atoms. The Labute approximate surface area is 202 Å². The van der Waals surface area contributed by atoms with Gasteiger partial charge < -0.3 is 14.2 Å². The lowest BCUT2D eigenvalue weighted by Gasteiger charge is -2.10. The molecule has 34 heavy (non-hydrogen) atoms. The van der Waals surface area contributed by atoms with Crippen molar-refractivity contribution in [1.29, 1.82) is 0 Å². The summed E-state index contributed by atoms with van der Waals surface area (Å²) in [5.41, 5.74) is 1.01. The van der Waals surface area contributed by atoms with E-state index in [1.54, 1.807) is 79.9 Å². The van der Waals surface area contributed by atoms with Crippen LogP contribution in [0.3, 0.4) is 0 Å². The molecule has 4 rings (SSSR count). The monoisotopic (exact) mass is 478 g/mol. The Hall–Kier alpha value is -3.77. The van der Waals surface area contributed by atoms with Crippen molar-refractivity contribution in [2.75, 3.05) is 7.11 Å². The van der Waals surface area contributed by atoms with Crippen LogP contribution in [-0.4, -0.2) is 15.5 Å². The fourth-order valence-electron chi connectivity index (χ4n) is 3.03. The Kier molecular flexibility index (Phi) is 8.87. The molecule has 0 saturated carbocycles. The number of hydrogen-bond acceptors (Lipinski definition) is 5. The first kappa shape index (κ1) is 26.5. The van der Waals surface area contributed by atoms with Gasteiger partial charge in [0.05, 0.1) is 16.9 Å². The van der Waals surface area contributed by atoms with E-state index in [1.807, 2.05) is 31.2 Å². The van der Waals surface area contributed by atoms with Crippen molar-refractivity contribution in [3.63, 3.8) is 0 Å². The van der Waals surface area contributed by atoms with Crippen LogP contribution in [0.25, 0.3) is 0 Å². The smallest absolute Gasteiger partial charge is 0.206 e. The van der Waals surface area contributed by atoms with E-state index in [2.05, 4.69) is 0 Å².